The summed E-state index contributed by atoms with van der Waals surface area (Å²) in [5.41, 5.74) is 0. The Kier molecular flexibility index (Phi) is 5.94. The van der Waals surface area contributed by atoms with Gasteiger partial charge in [0.1, 0.15) is 0 Å². The molecule has 1 unspecified atom stereocenters. The van der Waals surface area contributed by atoms with Crippen LogP contribution in [0.5, 0.6) is 0 Å². The highest BCUT2D eigenvalue weighted by molar-refractivity contribution is 9.09. The molecule has 14 heavy (non-hydrogen) atoms. The predicted octanol–water partition coefficient (Wildman–Crippen LogP) is 3.58. The molecular formula is C10H12BrClOS. The van der Waals surface area contributed by atoms with Crippen LogP contribution in [0.3, 0.4) is 0 Å². The average molecular weight is 296 g/mol. The van der Waals surface area contributed by atoms with Gasteiger partial charge in [0.25, 0.3) is 0 Å². The van der Waals surface area contributed by atoms with E-state index < -0.39 is 0 Å². The van der Waals surface area contributed by atoms with Crippen molar-refractivity contribution in [2.24, 2.45) is 0 Å². The van der Waals surface area contributed by atoms with Crippen LogP contribution in [-0.2, 0) is 0 Å². The third kappa shape index (κ3) is 4.69. The molecular weight excluding hydrogens is 284 g/mol. The molecule has 1 rings (SSSR count). The van der Waals surface area contributed by atoms with E-state index in [4.69, 9.17) is 11.6 Å². The standard InChI is InChI=1S/C10H12BrClOS/c11-6-5-9(13)7-14-10-3-1-8(12)2-4-10/h1-4,9,13H,5-7H2. The molecule has 0 saturated heterocycles. The van der Waals surface area contributed by atoms with Crippen molar-refractivity contribution in [3.63, 3.8) is 0 Å². The fourth-order valence-corrected chi connectivity index (χ4v) is 2.47. The van der Waals surface area contributed by atoms with E-state index in [1.54, 1.807) is 11.8 Å². The van der Waals surface area contributed by atoms with E-state index in [1.807, 2.05) is 24.3 Å². The minimum atomic E-state index is -0.241. The van der Waals surface area contributed by atoms with Crippen LogP contribution in [-0.4, -0.2) is 22.3 Å². The second-order valence-corrected chi connectivity index (χ2v) is 5.22. The minimum Gasteiger partial charge on any atom is -0.392 e. The van der Waals surface area contributed by atoms with Crippen molar-refractivity contribution >= 4 is 39.3 Å². The van der Waals surface area contributed by atoms with Gasteiger partial charge in [0, 0.05) is 21.0 Å². The van der Waals surface area contributed by atoms with Gasteiger partial charge in [-0.05, 0) is 30.7 Å². The van der Waals surface area contributed by atoms with Gasteiger partial charge in [-0.3, -0.25) is 0 Å². The van der Waals surface area contributed by atoms with Crippen LogP contribution in [0.4, 0.5) is 0 Å². The summed E-state index contributed by atoms with van der Waals surface area (Å²) < 4.78 is 0. The Labute approximate surface area is 102 Å². The molecule has 0 amide bonds. The number of hydrogen-bond acceptors (Lipinski definition) is 2. The third-order valence-electron chi connectivity index (χ3n) is 1.70. The van der Waals surface area contributed by atoms with Crippen LogP contribution in [0.25, 0.3) is 0 Å². The Morgan fingerprint density at radius 1 is 1.36 bits per heavy atom. The molecule has 1 aromatic carbocycles. The molecule has 0 aliphatic heterocycles. The lowest BCUT2D eigenvalue weighted by molar-refractivity contribution is 0.197. The molecule has 0 aliphatic carbocycles. The van der Waals surface area contributed by atoms with Crippen molar-refractivity contribution in [1.29, 1.82) is 0 Å². The Hall–Kier alpha value is 0.300. The quantitative estimate of drug-likeness (QED) is 0.662. The summed E-state index contributed by atoms with van der Waals surface area (Å²) in [5.74, 6) is 0.729. The van der Waals surface area contributed by atoms with Gasteiger partial charge in [0.15, 0.2) is 0 Å². The van der Waals surface area contributed by atoms with Gasteiger partial charge < -0.3 is 5.11 Å². The second kappa shape index (κ2) is 6.72. The van der Waals surface area contributed by atoms with Gasteiger partial charge in [-0.2, -0.15) is 0 Å². The lowest BCUT2D eigenvalue weighted by Crippen LogP contribution is -2.09. The van der Waals surface area contributed by atoms with Crippen molar-refractivity contribution in [2.75, 3.05) is 11.1 Å². The Morgan fingerprint density at radius 3 is 2.57 bits per heavy atom. The highest BCUT2D eigenvalue weighted by atomic mass is 79.9. The second-order valence-electron chi connectivity index (χ2n) is 2.90. The highest BCUT2D eigenvalue weighted by Crippen LogP contribution is 2.21. The lowest BCUT2D eigenvalue weighted by Gasteiger charge is -2.07. The smallest absolute Gasteiger partial charge is 0.0642 e. The summed E-state index contributed by atoms with van der Waals surface area (Å²) in [6.45, 7) is 0. The maximum atomic E-state index is 9.49. The zero-order valence-electron chi connectivity index (χ0n) is 7.62. The molecule has 0 aromatic heterocycles. The summed E-state index contributed by atoms with van der Waals surface area (Å²) in [6.07, 6.45) is 0.552. The van der Waals surface area contributed by atoms with Crippen molar-refractivity contribution in [3.8, 4) is 0 Å². The Bertz CT molecular complexity index is 265. The molecule has 78 valence electrons. The number of thioether (sulfide) groups is 1. The van der Waals surface area contributed by atoms with Crippen molar-refractivity contribution in [1.82, 2.24) is 0 Å². The van der Waals surface area contributed by atoms with Gasteiger partial charge in [-0.25, -0.2) is 0 Å². The first-order valence-corrected chi connectivity index (χ1v) is 6.83. The molecule has 0 fully saturated rings. The lowest BCUT2D eigenvalue weighted by atomic mass is 10.3. The summed E-state index contributed by atoms with van der Waals surface area (Å²) in [6, 6.07) is 7.66. The maximum Gasteiger partial charge on any atom is 0.0642 e. The first kappa shape index (κ1) is 12.4. The summed E-state index contributed by atoms with van der Waals surface area (Å²) in [5, 5.41) is 11.1. The van der Waals surface area contributed by atoms with E-state index in [2.05, 4.69) is 15.9 Å². The molecule has 0 heterocycles. The molecule has 1 atom stereocenters. The van der Waals surface area contributed by atoms with E-state index in [1.165, 1.54) is 0 Å². The molecule has 0 spiro atoms. The van der Waals surface area contributed by atoms with Gasteiger partial charge in [-0.15, -0.1) is 11.8 Å². The van der Waals surface area contributed by atoms with E-state index >= 15 is 0 Å². The number of aliphatic hydroxyl groups excluding tert-OH is 1. The van der Waals surface area contributed by atoms with E-state index in [9.17, 15) is 5.11 Å². The third-order valence-corrected chi connectivity index (χ3v) is 3.57. The van der Waals surface area contributed by atoms with E-state index in [0.717, 1.165) is 27.4 Å². The molecule has 0 aliphatic rings. The normalized spacial score (nSPS) is 12.8. The number of aliphatic hydroxyl groups is 1. The highest BCUT2D eigenvalue weighted by Gasteiger charge is 2.03. The first-order chi connectivity index (χ1) is 6.72. The number of rotatable bonds is 5. The van der Waals surface area contributed by atoms with Crippen LogP contribution < -0.4 is 0 Å². The van der Waals surface area contributed by atoms with Gasteiger partial charge in [0.05, 0.1) is 6.10 Å². The first-order valence-electron chi connectivity index (χ1n) is 4.35. The van der Waals surface area contributed by atoms with Gasteiger partial charge in [0.2, 0.25) is 0 Å². The molecule has 0 radical (unpaired) electrons. The monoisotopic (exact) mass is 294 g/mol. The number of alkyl halides is 1. The zero-order chi connectivity index (χ0) is 10.4. The van der Waals surface area contributed by atoms with E-state index in [0.29, 0.717) is 0 Å². The van der Waals surface area contributed by atoms with Crippen molar-refractivity contribution < 1.29 is 5.11 Å². The van der Waals surface area contributed by atoms with Gasteiger partial charge in [-0.1, -0.05) is 27.5 Å². The Morgan fingerprint density at radius 2 is 2.00 bits per heavy atom. The maximum absolute atomic E-state index is 9.49. The van der Waals surface area contributed by atoms with Crippen molar-refractivity contribution in [3.05, 3.63) is 29.3 Å². The van der Waals surface area contributed by atoms with Crippen LogP contribution in [0, 0.1) is 0 Å². The van der Waals surface area contributed by atoms with Crippen molar-refractivity contribution in [2.45, 2.75) is 17.4 Å². The molecule has 1 aromatic rings. The molecule has 1 nitrogen and oxygen atoms in total. The van der Waals surface area contributed by atoms with Gasteiger partial charge >= 0.3 is 0 Å². The molecule has 0 bridgehead atoms. The number of halogens is 2. The van der Waals surface area contributed by atoms with E-state index in [-0.39, 0.29) is 6.10 Å². The number of hydrogen-bond donors (Lipinski definition) is 1. The molecule has 1 N–H and O–H groups in total. The number of benzene rings is 1. The zero-order valence-corrected chi connectivity index (χ0v) is 10.8. The van der Waals surface area contributed by atoms with Crippen LogP contribution >= 0.6 is 39.3 Å². The minimum absolute atomic E-state index is 0.241. The fraction of sp³-hybridized carbons (Fsp3) is 0.400. The molecule has 0 saturated carbocycles. The predicted molar refractivity (Wildman–Crippen MR) is 66.6 cm³/mol. The Balaban J connectivity index is 2.34. The topological polar surface area (TPSA) is 20.2 Å². The van der Waals surface area contributed by atoms with Crippen LogP contribution in [0.15, 0.2) is 29.2 Å². The molecule has 4 heteroatoms. The summed E-state index contributed by atoms with van der Waals surface area (Å²) in [7, 11) is 0. The SMILES string of the molecule is OC(CCBr)CSc1ccc(Cl)cc1. The summed E-state index contributed by atoms with van der Waals surface area (Å²) in [4.78, 5) is 1.14. The fourth-order valence-electron chi connectivity index (χ4n) is 0.933. The largest absolute Gasteiger partial charge is 0.392 e. The summed E-state index contributed by atoms with van der Waals surface area (Å²) >= 11 is 10.7. The average Bonchev–Trinajstić information content (AvgIpc) is 2.17. The van der Waals surface area contributed by atoms with Crippen LogP contribution in [0.1, 0.15) is 6.42 Å². The van der Waals surface area contributed by atoms with Crippen LogP contribution in [0.2, 0.25) is 5.02 Å².